The SMILES string of the molecule is O=C(CN1CCCC1)N1CCO[C@H](c2ccc(Cl)cc2)C1. The van der Waals surface area contributed by atoms with Crippen LogP contribution >= 0.6 is 11.6 Å². The summed E-state index contributed by atoms with van der Waals surface area (Å²) >= 11 is 5.91. The lowest BCUT2D eigenvalue weighted by Crippen LogP contribution is -2.46. The molecule has 0 bridgehead atoms. The Morgan fingerprint density at radius 2 is 1.90 bits per heavy atom. The van der Waals surface area contributed by atoms with Gasteiger partial charge < -0.3 is 9.64 Å². The molecule has 2 fully saturated rings. The number of ether oxygens (including phenoxy) is 1. The van der Waals surface area contributed by atoms with E-state index in [-0.39, 0.29) is 12.0 Å². The van der Waals surface area contributed by atoms with E-state index >= 15 is 0 Å². The first-order chi connectivity index (χ1) is 10.2. The standard InChI is InChI=1S/C16H21ClN2O2/c17-14-5-3-13(4-6-14)15-11-19(9-10-21-15)16(20)12-18-7-1-2-8-18/h3-6,15H,1-2,7-12H2/t15-/m0/s1. The van der Waals surface area contributed by atoms with Gasteiger partial charge >= 0.3 is 0 Å². The minimum atomic E-state index is -0.0430. The van der Waals surface area contributed by atoms with Crippen LogP contribution < -0.4 is 0 Å². The summed E-state index contributed by atoms with van der Waals surface area (Å²) in [5.41, 5.74) is 1.08. The highest BCUT2D eigenvalue weighted by atomic mass is 35.5. The molecule has 1 amide bonds. The van der Waals surface area contributed by atoms with Crippen molar-refractivity contribution >= 4 is 17.5 Å². The zero-order chi connectivity index (χ0) is 14.7. The van der Waals surface area contributed by atoms with Crippen molar-refractivity contribution in [1.29, 1.82) is 0 Å². The largest absolute Gasteiger partial charge is 0.370 e. The third kappa shape index (κ3) is 3.76. The Morgan fingerprint density at radius 1 is 1.19 bits per heavy atom. The lowest BCUT2D eigenvalue weighted by atomic mass is 10.1. The van der Waals surface area contributed by atoms with Crippen LogP contribution in [0.15, 0.2) is 24.3 Å². The molecule has 2 aliphatic rings. The van der Waals surface area contributed by atoms with Crippen molar-refractivity contribution in [2.75, 3.05) is 39.3 Å². The van der Waals surface area contributed by atoms with E-state index < -0.39 is 0 Å². The van der Waals surface area contributed by atoms with Gasteiger partial charge in [-0.3, -0.25) is 9.69 Å². The molecular weight excluding hydrogens is 288 g/mol. The second kappa shape index (κ2) is 6.77. The van der Waals surface area contributed by atoms with Crippen molar-refractivity contribution in [3.8, 4) is 0 Å². The molecule has 4 nitrogen and oxygen atoms in total. The number of carbonyl (C=O) groups excluding carboxylic acids is 1. The van der Waals surface area contributed by atoms with Gasteiger partial charge in [-0.1, -0.05) is 23.7 Å². The zero-order valence-electron chi connectivity index (χ0n) is 12.1. The average Bonchev–Trinajstić information content (AvgIpc) is 3.01. The van der Waals surface area contributed by atoms with Crippen LogP contribution in [-0.2, 0) is 9.53 Å². The Bertz CT molecular complexity index is 486. The Kier molecular flexibility index (Phi) is 4.78. The van der Waals surface area contributed by atoms with E-state index in [0.29, 0.717) is 26.2 Å². The summed E-state index contributed by atoms with van der Waals surface area (Å²) in [5, 5.41) is 0.719. The van der Waals surface area contributed by atoms with Crippen molar-refractivity contribution in [2.24, 2.45) is 0 Å². The van der Waals surface area contributed by atoms with Crippen molar-refractivity contribution in [3.05, 3.63) is 34.9 Å². The molecule has 0 unspecified atom stereocenters. The molecule has 114 valence electrons. The van der Waals surface area contributed by atoms with Crippen LogP contribution in [0, 0.1) is 0 Å². The number of likely N-dealkylation sites (tertiary alicyclic amines) is 1. The minimum Gasteiger partial charge on any atom is -0.370 e. The van der Waals surface area contributed by atoms with Crippen LogP contribution in [0.3, 0.4) is 0 Å². The molecule has 0 radical (unpaired) electrons. The van der Waals surface area contributed by atoms with Gasteiger partial charge in [0.05, 0.1) is 19.7 Å². The number of benzene rings is 1. The number of hydrogen-bond donors (Lipinski definition) is 0. The summed E-state index contributed by atoms with van der Waals surface area (Å²) in [6.45, 7) is 4.57. The third-order valence-corrected chi connectivity index (χ3v) is 4.47. The number of halogens is 1. The van der Waals surface area contributed by atoms with Crippen LogP contribution in [0.25, 0.3) is 0 Å². The zero-order valence-corrected chi connectivity index (χ0v) is 12.9. The van der Waals surface area contributed by atoms with E-state index in [1.54, 1.807) is 0 Å². The molecular formula is C16H21ClN2O2. The molecule has 1 aromatic carbocycles. The second-order valence-corrected chi connectivity index (χ2v) is 6.17. The lowest BCUT2D eigenvalue weighted by molar-refractivity contribution is -0.140. The van der Waals surface area contributed by atoms with Gasteiger partial charge in [-0.15, -0.1) is 0 Å². The maximum absolute atomic E-state index is 12.4. The molecule has 1 aromatic rings. The van der Waals surface area contributed by atoms with Crippen molar-refractivity contribution < 1.29 is 9.53 Å². The van der Waals surface area contributed by atoms with E-state index in [2.05, 4.69) is 4.90 Å². The van der Waals surface area contributed by atoms with Crippen LogP contribution in [0.2, 0.25) is 5.02 Å². The fourth-order valence-corrected chi connectivity index (χ4v) is 3.11. The predicted molar refractivity (Wildman–Crippen MR) is 82.4 cm³/mol. The number of carbonyl (C=O) groups is 1. The van der Waals surface area contributed by atoms with Crippen molar-refractivity contribution in [1.82, 2.24) is 9.80 Å². The van der Waals surface area contributed by atoms with Gasteiger partial charge in [-0.25, -0.2) is 0 Å². The maximum Gasteiger partial charge on any atom is 0.236 e. The first-order valence-electron chi connectivity index (χ1n) is 7.59. The highest BCUT2D eigenvalue weighted by Crippen LogP contribution is 2.24. The van der Waals surface area contributed by atoms with Gasteiger partial charge in [0.25, 0.3) is 0 Å². The van der Waals surface area contributed by atoms with E-state index in [1.165, 1.54) is 12.8 Å². The second-order valence-electron chi connectivity index (χ2n) is 5.73. The van der Waals surface area contributed by atoms with E-state index in [9.17, 15) is 4.79 Å². The van der Waals surface area contributed by atoms with Gasteiger partial charge in [0.15, 0.2) is 0 Å². The monoisotopic (exact) mass is 308 g/mol. The Labute approximate surface area is 130 Å². The smallest absolute Gasteiger partial charge is 0.236 e. The van der Waals surface area contributed by atoms with Gasteiger partial charge in [-0.2, -0.15) is 0 Å². The topological polar surface area (TPSA) is 32.8 Å². The van der Waals surface area contributed by atoms with Crippen LogP contribution in [0.5, 0.6) is 0 Å². The molecule has 2 saturated heterocycles. The quantitative estimate of drug-likeness (QED) is 0.859. The fourth-order valence-electron chi connectivity index (χ4n) is 2.99. The Balaban J connectivity index is 1.59. The average molecular weight is 309 g/mol. The van der Waals surface area contributed by atoms with Crippen LogP contribution in [-0.4, -0.2) is 55.0 Å². The molecule has 0 N–H and O–H groups in total. The number of amides is 1. The molecule has 0 spiro atoms. The minimum absolute atomic E-state index is 0.0430. The predicted octanol–water partition coefficient (Wildman–Crippen LogP) is 2.34. The van der Waals surface area contributed by atoms with Crippen molar-refractivity contribution in [2.45, 2.75) is 18.9 Å². The van der Waals surface area contributed by atoms with E-state index in [1.807, 2.05) is 29.2 Å². The summed E-state index contributed by atoms with van der Waals surface area (Å²) < 4.78 is 5.80. The normalized spacial score (nSPS) is 23.5. The summed E-state index contributed by atoms with van der Waals surface area (Å²) in [4.78, 5) is 16.6. The molecule has 21 heavy (non-hydrogen) atoms. The van der Waals surface area contributed by atoms with Gasteiger partial charge in [0.1, 0.15) is 6.10 Å². The molecule has 3 rings (SSSR count). The van der Waals surface area contributed by atoms with Gasteiger partial charge in [0.2, 0.25) is 5.91 Å². The molecule has 5 heteroatoms. The molecule has 1 atom stereocenters. The summed E-state index contributed by atoms with van der Waals surface area (Å²) in [6, 6.07) is 7.68. The van der Waals surface area contributed by atoms with Crippen LogP contribution in [0.1, 0.15) is 24.5 Å². The highest BCUT2D eigenvalue weighted by molar-refractivity contribution is 6.30. The van der Waals surface area contributed by atoms with Gasteiger partial charge in [-0.05, 0) is 43.6 Å². The molecule has 0 aromatic heterocycles. The first-order valence-corrected chi connectivity index (χ1v) is 7.97. The first kappa shape index (κ1) is 14.8. The maximum atomic E-state index is 12.4. The van der Waals surface area contributed by atoms with Crippen molar-refractivity contribution in [3.63, 3.8) is 0 Å². The molecule has 2 heterocycles. The number of nitrogens with zero attached hydrogens (tertiary/aromatic N) is 2. The molecule has 2 aliphatic heterocycles. The number of rotatable bonds is 3. The lowest BCUT2D eigenvalue weighted by Gasteiger charge is -2.34. The van der Waals surface area contributed by atoms with E-state index in [4.69, 9.17) is 16.3 Å². The third-order valence-electron chi connectivity index (χ3n) is 4.22. The van der Waals surface area contributed by atoms with Gasteiger partial charge in [0, 0.05) is 11.6 Å². The Morgan fingerprint density at radius 3 is 2.62 bits per heavy atom. The molecule has 0 aliphatic carbocycles. The summed E-state index contributed by atoms with van der Waals surface area (Å²) in [7, 11) is 0. The Hall–Kier alpha value is -1.10. The summed E-state index contributed by atoms with van der Waals surface area (Å²) in [6.07, 6.45) is 2.38. The summed E-state index contributed by atoms with van der Waals surface area (Å²) in [5.74, 6) is 0.221. The molecule has 0 saturated carbocycles. The van der Waals surface area contributed by atoms with E-state index in [0.717, 1.165) is 23.7 Å². The fraction of sp³-hybridized carbons (Fsp3) is 0.562. The number of hydrogen-bond acceptors (Lipinski definition) is 3. The highest BCUT2D eigenvalue weighted by Gasteiger charge is 2.26. The van der Waals surface area contributed by atoms with Crippen LogP contribution in [0.4, 0.5) is 0 Å². The number of morpholine rings is 1.